The number of amides is 2. The summed E-state index contributed by atoms with van der Waals surface area (Å²) in [6.45, 7) is 0. The van der Waals surface area contributed by atoms with Crippen molar-refractivity contribution in [3.8, 4) is 5.75 Å². The molecule has 3 heterocycles. The molecule has 190 valence electrons. The summed E-state index contributed by atoms with van der Waals surface area (Å²) in [4.78, 5) is 53.7. The molecule has 0 unspecified atom stereocenters. The van der Waals surface area contributed by atoms with E-state index in [1.165, 1.54) is 19.2 Å². The molecule has 10 nitrogen and oxygen atoms in total. The van der Waals surface area contributed by atoms with Crippen LogP contribution >= 0.6 is 11.6 Å². The SMILES string of the molecule is COc1ccc([N+](=O)[O-])cc1N1C(=O)[C@@H]2[C@@H](C1=O)[C@H]1c3ccccc3C=NN1[C@@H]2C(=O)c1ccc(Cl)cc1. The first-order chi connectivity index (χ1) is 18.3. The van der Waals surface area contributed by atoms with Gasteiger partial charge in [0.15, 0.2) is 5.78 Å². The van der Waals surface area contributed by atoms with E-state index in [1.54, 1.807) is 35.5 Å². The van der Waals surface area contributed by atoms with Crippen molar-refractivity contribution in [1.29, 1.82) is 0 Å². The van der Waals surface area contributed by atoms with E-state index < -0.39 is 40.7 Å². The molecule has 0 saturated carbocycles. The van der Waals surface area contributed by atoms with Gasteiger partial charge >= 0.3 is 0 Å². The fourth-order valence-electron chi connectivity index (χ4n) is 5.66. The lowest BCUT2D eigenvalue weighted by Gasteiger charge is -2.33. The van der Waals surface area contributed by atoms with Crippen LogP contribution in [0.15, 0.2) is 71.8 Å². The predicted molar refractivity (Wildman–Crippen MR) is 137 cm³/mol. The third-order valence-corrected chi connectivity index (χ3v) is 7.56. The highest BCUT2D eigenvalue weighted by Crippen LogP contribution is 2.54. The van der Waals surface area contributed by atoms with Crippen LogP contribution in [-0.2, 0) is 9.59 Å². The Kier molecular flexibility index (Phi) is 5.50. The van der Waals surface area contributed by atoms with E-state index in [9.17, 15) is 24.5 Å². The Hall–Kier alpha value is -4.57. The zero-order valence-electron chi connectivity index (χ0n) is 19.9. The van der Waals surface area contributed by atoms with Gasteiger partial charge in [-0.05, 0) is 41.5 Å². The number of hydrogen-bond acceptors (Lipinski definition) is 8. The molecule has 6 rings (SSSR count). The van der Waals surface area contributed by atoms with Crippen LogP contribution in [0.3, 0.4) is 0 Å². The second-order valence-corrected chi connectivity index (χ2v) is 9.63. The standard InChI is InChI=1S/C27H19ClN4O6/c1-38-20-11-10-17(32(36)37)12-19(20)30-26(34)21-22(27(30)35)24(25(33)14-6-8-16(28)9-7-14)31-23(21)18-5-3-2-4-15(18)13-29-31/h2-13,21-24H,1H3/t21-,22-,23-,24+/m1/s1. The maximum absolute atomic E-state index is 14.0. The number of hydrazone groups is 1. The molecular formula is C27H19ClN4O6. The Morgan fingerprint density at radius 3 is 2.45 bits per heavy atom. The third kappa shape index (κ3) is 3.41. The Balaban J connectivity index is 1.51. The van der Waals surface area contributed by atoms with Crippen LogP contribution in [0.4, 0.5) is 11.4 Å². The van der Waals surface area contributed by atoms with Crippen molar-refractivity contribution in [2.45, 2.75) is 12.1 Å². The number of benzene rings is 3. The molecule has 0 N–H and O–H groups in total. The van der Waals surface area contributed by atoms with Crippen LogP contribution in [0.1, 0.15) is 27.5 Å². The number of nitro benzene ring substituents is 1. The number of methoxy groups -OCH3 is 1. The van der Waals surface area contributed by atoms with Gasteiger partial charge < -0.3 is 4.74 Å². The number of non-ortho nitro benzene ring substituents is 1. The molecule has 0 bridgehead atoms. The highest BCUT2D eigenvalue weighted by atomic mass is 35.5. The molecule has 0 spiro atoms. The van der Waals surface area contributed by atoms with Crippen molar-refractivity contribution in [1.82, 2.24) is 5.01 Å². The largest absolute Gasteiger partial charge is 0.495 e. The molecule has 3 aliphatic rings. The lowest BCUT2D eigenvalue weighted by molar-refractivity contribution is -0.384. The zero-order chi connectivity index (χ0) is 26.7. The van der Waals surface area contributed by atoms with Crippen molar-refractivity contribution < 1.29 is 24.0 Å². The van der Waals surface area contributed by atoms with E-state index >= 15 is 0 Å². The maximum Gasteiger partial charge on any atom is 0.271 e. The molecule has 0 aliphatic carbocycles. The van der Waals surface area contributed by atoms with Crippen LogP contribution in [0.25, 0.3) is 0 Å². The molecule has 0 radical (unpaired) electrons. The van der Waals surface area contributed by atoms with Crippen LogP contribution in [0.5, 0.6) is 5.75 Å². The number of hydrogen-bond donors (Lipinski definition) is 0. The van der Waals surface area contributed by atoms with Gasteiger partial charge in [-0.3, -0.25) is 29.5 Å². The summed E-state index contributed by atoms with van der Waals surface area (Å²) < 4.78 is 5.35. The summed E-state index contributed by atoms with van der Waals surface area (Å²) in [5.41, 5.74) is 1.51. The summed E-state index contributed by atoms with van der Waals surface area (Å²) in [5.74, 6) is -3.52. The molecule has 3 aromatic carbocycles. The molecule has 4 atom stereocenters. The first-order valence-electron chi connectivity index (χ1n) is 11.7. The number of Topliss-reactive ketones (excluding diaryl/α,β-unsaturated/α-hetero) is 1. The molecular weight excluding hydrogens is 512 g/mol. The normalized spacial score (nSPS) is 23.2. The topological polar surface area (TPSA) is 122 Å². The number of halogens is 1. The molecule has 38 heavy (non-hydrogen) atoms. The van der Waals surface area contributed by atoms with E-state index in [0.717, 1.165) is 22.1 Å². The smallest absolute Gasteiger partial charge is 0.271 e. The molecule has 3 aromatic rings. The highest BCUT2D eigenvalue weighted by Gasteiger charge is 2.65. The number of imide groups is 1. The van der Waals surface area contributed by atoms with Gasteiger partial charge in [0.1, 0.15) is 17.5 Å². The Morgan fingerprint density at radius 2 is 1.74 bits per heavy atom. The van der Waals surface area contributed by atoms with E-state index in [0.29, 0.717) is 10.6 Å². The monoisotopic (exact) mass is 530 g/mol. The summed E-state index contributed by atoms with van der Waals surface area (Å²) in [6.07, 6.45) is 1.62. The van der Waals surface area contributed by atoms with E-state index in [1.807, 2.05) is 24.3 Å². The minimum atomic E-state index is -1.08. The number of fused-ring (bicyclic) bond motifs is 5. The average molecular weight is 531 g/mol. The second kappa shape index (κ2) is 8.77. The van der Waals surface area contributed by atoms with Crippen molar-refractivity contribution in [2.75, 3.05) is 12.0 Å². The molecule has 2 fully saturated rings. The van der Waals surface area contributed by atoms with Crippen LogP contribution in [0, 0.1) is 22.0 Å². The van der Waals surface area contributed by atoms with E-state index in [4.69, 9.17) is 16.3 Å². The number of anilines is 1. The molecule has 0 aromatic heterocycles. The zero-order valence-corrected chi connectivity index (χ0v) is 20.6. The summed E-state index contributed by atoms with van der Waals surface area (Å²) >= 11 is 6.01. The van der Waals surface area contributed by atoms with Gasteiger partial charge in [0.2, 0.25) is 11.8 Å². The van der Waals surface area contributed by atoms with Gasteiger partial charge in [-0.15, -0.1) is 0 Å². The van der Waals surface area contributed by atoms with Gasteiger partial charge in [0, 0.05) is 22.7 Å². The van der Waals surface area contributed by atoms with Crippen LogP contribution in [0.2, 0.25) is 5.02 Å². The van der Waals surface area contributed by atoms with Crippen molar-refractivity contribution >= 4 is 46.8 Å². The minimum absolute atomic E-state index is 0.0389. The van der Waals surface area contributed by atoms with Crippen molar-refractivity contribution in [3.05, 3.63) is 98.6 Å². The average Bonchev–Trinajstić information content (AvgIpc) is 3.40. The first-order valence-corrected chi connectivity index (χ1v) is 12.1. The van der Waals surface area contributed by atoms with Gasteiger partial charge in [-0.25, -0.2) is 4.90 Å². The highest BCUT2D eigenvalue weighted by molar-refractivity contribution is 6.30. The number of rotatable bonds is 5. The number of ketones is 1. The van der Waals surface area contributed by atoms with Crippen molar-refractivity contribution in [3.63, 3.8) is 0 Å². The van der Waals surface area contributed by atoms with Gasteiger partial charge in [0.05, 0.1) is 36.1 Å². The Morgan fingerprint density at radius 1 is 1.03 bits per heavy atom. The summed E-state index contributed by atoms with van der Waals surface area (Å²) in [5, 5.41) is 18.0. The fourth-order valence-corrected chi connectivity index (χ4v) is 5.78. The molecule has 11 heteroatoms. The second-order valence-electron chi connectivity index (χ2n) is 9.19. The van der Waals surface area contributed by atoms with E-state index in [2.05, 4.69) is 5.10 Å². The van der Waals surface area contributed by atoms with Gasteiger partial charge in [0.25, 0.3) is 5.69 Å². The van der Waals surface area contributed by atoms with Gasteiger partial charge in [-0.1, -0.05) is 35.9 Å². The lowest BCUT2D eigenvalue weighted by Crippen LogP contribution is -2.44. The van der Waals surface area contributed by atoms with Crippen LogP contribution < -0.4 is 9.64 Å². The van der Waals surface area contributed by atoms with E-state index in [-0.39, 0.29) is 22.9 Å². The number of nitro groups is 1. The number of carbonyl (C=O) groups is 3. The van der Waals surface area contributed by atoms with Crippen molar-refractivity contribution in [2.24, 2.45) is 16.9 Å². The quantitative estimate of drug-likeness (QED) is 0.211. The van der Waals surface area contributed by atoms with Crippen LogP contribution in [-0.4, -0.2) is 46.9 Å². The summed E-state index contributed by atoms with van der Waals surface area (Å²) in [7, 11) is 1.34. The predicted octanol–water partition coefficient (Wildman–Crippen LogP) is 4.02. The molecule has 2 saturated heterocycles. The molecule has 3 aliphatic heterocycles. The third-order valence-electron chi connectivity index (χ3n) is 7.30. The maximum atomic E-state index is 14.0. The number of ether oxygens (including phenoxy) is 1. The minimum Gasteiger partial charge on any atom is -0.495 e. The molecule has 2 amide bonds. The Labute approximate surface area is 221 Å². The first kappa shape index (κ1) is 23.8. The van der Waals surface area contributed by atoms with Gasteiger partial charge in [-0.2, -0.15) is 5.10 Å². The summed E-state index contributed by atoms with van der Waals surface area (Å²) in [6, 6.07) is 15.6. The lowest BCUT2D eigenvalue weighted by atomic mass is 9.83. The Bertz CT molecular complexity index is 1560. The number of nitrogens with zero attached hydrogens (tertiary/aromatic N) is 4. The fraction of sp³-hybridized carbons (Fsp3) is 0.185. The number of carbonyl (C=O) groups excluding carboxylic acids is 3.